The van der Waals surface area contributed by atoms with E-state index in [1.807, 2.05) is 60.7 Å². The zero-order chi connectivity index (χ0) is 12.8. The molecule has 2 aromatic rings. The zero-order valence-corrected chi connectivity index (χ0v) is 10.4. The maximum Gasteiger partial charge on any atom is 0.313 e. The second-order valence-electron chi connectivity index (χ2n) is 4.18. The van der Waals surface area contributed by atoms with Crippen LogP contribution in [-0.4, -0.2) is 13.1 Å². The molecule has 0 N–H and O–H groups in total. The van der Waals surface area contributed by atoms with Gasteiger partial charge in [0.25, 0.3) is 0 Å². The topological polar surface area (TPSA) is 26.3 Å². The van der Waals surface area contributed by atoms with Crippen molar-refractivity contribution in [1.29, 1.82) is 0 Å². The number of methoxy groups -OCH3 is 1. The maximum atomic E-state index is 11.9. The van der Waals surface area contributed by atoms with Crippen molar-refractivity contribution in [2.24, 2.45) is 0 Å². The van der Waals surface area contributed by atoms with Crippen molar-refractivity contribution in [1.82, 2.24) is 0 Å². The quantitative estimate of drug-likeness (QED) is 0.767. The first kappa shape index (κ1) is 12.4. The van der Waals surface area contributed by atoms with Crippen LogP contribution in [0.1, 0.15) is 17.0 Å². The molecule has 0 aromatic heterocycles. The van der Waals surface area contributed by atoms with Gasteiger partial charge in [-0.15, -0.1) is 0 Å². The van der Waals surface area contributed by atoms with Gasteiger partial charge in [-0.3, -0.25) is 4.79 Å². The summed E-state index contributed by atoms with van der Waals surface area (Å²) in [6, 6.07) is 19.7. The van der Waals surface area contributed by atoms with Crippen LogP contribution in [-0.2, 0) is 16.0 Å². The summed E-state index contributed by atoms with van der Waals surface area (Å²) < 4.78 is 4.90. The van der Waals surface area contributed by atoms with Crippen LogP contribution in [0.5, 0.6) is 0 Å². The first-order valence-corrected chi connectivity index (χ1v) is 5.98. The molecule has 0 saturated carbocycles. The van der Waals surface area contributed by atoms with E-state index in [0.29, 0.717) is 6.42 Å². The van der Waals surface area contributed by atoms with Gasteiger partial charge in [0.1, 0.15) is 0 Å². The third-order valence-electron chi connectivity index (χ3n) is 2.97. The Morgan fingerprint density at radius 3 is 2.11 bits per heavy atom. The molecular formula is C16H16O2. The fraction of sp³-hybridized carbons (Fsp3) is 0.188. The molecule has 0 amide bonds. The summed E-state index contributed by atoms with van der Waals surface area (Å²) in [4.78, 5) is 11.9. The van der Waals surface area contributed by atoms with Crippen molar-refractivity contribution < 1.29 is 9.53 Å². The fourth-order valence-corrected chi connectivity index (χ4v) is 2.01. The molecule has 0 aliphatic carbocycles. The second-order valence-corrected chi connectivity index (χ2v) is 4.18. The molecule has 0 unspecified atom stereocenters. The normalized spacial score (nSPS) is 11.8. The van der Waals surface area contributed by atoms with E-state index in [9.17, 15) is 4.79 Å². The Kier molecular flexibility index (Phi) is 4.13. The Labute approximate surface area is 107 Å². The zero-order valence-electron chi connectivity index (χ0n) is 10.4. The van der Waals surface area contributed by atoms with Gasteiger partial charge in [-0.1, -0.05) is 60.7 Å². The van der Waals surface area contributed by atoms with Crippen LogP contribution in [0.3, 0.4) is 0 Å². The van der Waals surface area contributed by atoms with Gasteiger partial charge < -0.3 is 4.74 Å². The SMILES string of the molecule is COC(=O)[C@H](Cc1ccccc1)c1ccccc1. The number of esters is 1. The van der Waals surface area contributed by atoms with Crippen LogP contribution in [0.25, 0.3) is 0 Å². The van der Waals surface area contributed by atoms with Gasteiger partial charge in [-0.25, -0.2) is 0 Å². The molecule has 18 heavy (non-hydrogen) atoms. The Hall–Kier alpha value is -2.09. The Morgan fingerprint density at radius 1 is 1.00 bits per heavy atom. The number of carbonyl (C=O) groups is 1. The highest BCUT2D eigenvalue weighted by Crippen LogP contribution is 2.22. The smallest absolute Gasteiger partial charge is 0.313 e. The van der Waals surface area contributed by atoms with Gasteiger partial charge in [-0.05, 0) is 17.5 Å². The fourth-order valence-electron chi connectivity index (χ4n) is 2.01. The van der Waals surface area contributed by atoms with E-state index >= 15 is 0 Å². The molecule has 2 nitrogen and oxygen atoms in total. The lowest BCUT2D eigenvalue weighted by atomic mass is 9.92. The van der Waals surface area contributed by atoms with Crippen molar-refractivity contribution >= 4 is 5.97 Å². The number of hydrogen-bond acceptors (Lipinski definition) is 2. The van der Waals surface area contributed by atoms with E-state index in [1.54, 1.807) is 0 Å². The molecule has 0 heterocycles. The average Bonchev–Trinajstić information content (AvgIpc) is 2.46. The summed E-state index contributed by atoms with van der Waals surface area (Å²) in [5.41, 5.74) is 2.13. The van der Waals surface area contributed by atoms with E-state index in [2.05, 4.69) is 0 Å². The monoisotopic (exact) mass is 240 g/mol. The number of hydrogen-bond donors (Lipinski definition) is 0. The number of rotatable bonds is 4. The van der Waals surface area contributed by atoms with Crippen LogP contribution in [0, 0.1) is 0 Å². The highest BCUT2D eigenvalue weighted by Gasteiger charge is 2.21. The lowest BCUT2D eigenvalue weighted by Gasteiger charge is -2.15. The number of carbonyl (C=O) groups excluding carboxylic acids is 1. The van der Waals surface area contributed by atoms with E-state index in [-0.39, 0.29) is 11.9 Å². The molecule has 0 radical (unpaired) electrons. The number of benzene rings is 2. The van der Waals surface area contributed by atoms with Gasteiger partial charge in [-0.2, -0.15) is 0 Å². The minimum Gasteiger partial charge on any atom is -0.469 e. The molecule has 2 aromatic carbocycles. The molecule has 0 saturated heterocycles. The van der Waals surface area contributed by atoms with Crippen LogP contribution >= 0.6 is 0 Å². The highest BCUT2D eigenvalue weighted by atomic mass is 16.5. The van der Waals surface area contributed by atoms with E-state index < -0.39 is 0 Å². The molecule has 2 heteroatoms. The minimum atomic E-state index is -0.237. The van der Waals surface area contributed by atoms with Gasteiger partial charge in [0, 0.05) is 0 Å². The summed E-state index contributed by atoms with van der Waals surface area (Å²) >= 11 is 0. The third-order valence-corrected chi connectivity index (χ3v) is 2.97. The molecule has 0 aliphatic heterocycles. The Balaban J connectivity index is 2.24. The summed E-state index contributed by atoms with van der Waals surface area (Å²) in [5, 5.41) is 0. The van der Waals surface area contributed by atoms with Crippen molar-refractivity contribution in [3.05, 3.63) is 71.8 Å². The first-order chi connectivity index (χ1) is 8.81. The van der Waals surface area contributed by atoms with Crippen molar-refractivity contribution in [2.75, 3.05) is 7.11 Å². The molecule has 2 rings (SSSR count). The van der Waals surface area contributed by atoms with Gasteiger partial charge >= 0.3 is 5.97 Å². The molecule has 0 aliphatic rings. The standard InChI is InChI=1S/C16H16O2/c1-18-16(17)15(14-10-6-3-7-11-14)12-13-8-4-2-5-9-13/h2-11,15H,12H2,1H3/t15-/m1/s1. The first-order valence-electron chi connectivity index (χ1n) is 5.98. The summed E-state index contributed by atoms with van der Waals surface area (Å²) in [6.07, 6.45) is 0.664. The van der Waals surface area contributed by atoms with Crippen LogP contribution in [0.2, 0.25) is 0 Å². The van der Waals surface area contributed by atoms with Crippen LogP contribution in [0.4, 0.5) is 0 Å². The molecule has 1 atom stereocenters. The second kappa shape index (κ2) is 6.01. The lowest BCUT2D eigenvalue weighted by molar-refractivity contribution is -0.142. The van der Waals surface area contributed by atoms with E-state index in [4.69, 9.17) is 4.74 Å². The highest BCUT2D eigenvalue weighted by molar-refractivity contribution is 5.78. The van der Waals surface area contributed by atoms with Crippen molar-refractivity contribution in [2.45, 2.75) is 12.3 Å². The Bertz CT molecular complexity index is 491. The molecule has 0 fully saturated rings. The van der Waals surface area contributed by atoms with E-state index in [1.165, 1.54) is 7.11 Å². The van der Waals surface area contributed by atoms with Crippen molar-refractivity contribution in [3.8, 4) is 0 Å². The van der Waals surface area contributed by atoms with E-state index in [0.717, 1.165) is 11.1 Å². The minimum absolute atomic E-state index is 0.190. The summed E-state index contributed by atoms with van der Waals surface area (Å²) in [7, 11) is 1.43. The predicted molar refractivity (Wildman–Crippen MR) is 71.3 cm³/mol. The predicted octanol–water partition coefficient (Wildman–Crippen LogP) is 3.19. The van der Waals surface area contributed by atoms with Crippen molar-refractivity contribution in [3.63, 3.8) is 0 Å². The average molecular weight is 240 g/mol. The largest absolute Gasteiger partial charge is 0.469 e. The lowest BCUT2D eigenvalue weighted by Crippen LogP contribution is -2.16. The third kappa shape index (κ3) is 2.98. The molecule has 0 bridgehead atoms. The number of ether oxygens (including phenoxy) is 1. The van der Waals surface area contributed by atoms with Crippen LogP contribution in [0.15, 0.2) is 60.7 Å². The maximum absolute atomic E-state index is 11.9. The summed E-state index contributed by atoms with van der Waals surface area (Å²) in [5.74, 6) is -0.427. The van der Waals surface area contributed by atoms with Gasteiger partial charge in [0.15, 0.2) is 0 Å². The summed E-state index contributed by atoms with van der Waals surface area (Å²) in [6.45, 7) is 0. The molecular weight excluding hydrogens is 224 g/mol. The molecule has 92 valence electrons. The van der Waals surface area contributed by atoms with Crippen LogP contribution < -0.4 is 0 Å². The van der Waals surface area contributed by atoms with Gasteiger partial charge in [0.05, 0.1) is 13.0 Å². The van der Waals surface area contributed by atoms with Gasteiger partial charge in [0.2, 0.25) is 0 Å². The Morgan fingerprint density at radius 2 is 1.56 bits per heavy atom. The molecule has 0 spiro atoms.